The Hall–Kier alpha value is -1.11. The summed E-state index contributed by atoms with van der Waals surface area (Å²) in [4.78, 5) is 14.0. The van der Waals surface area contributed by atoms with Crippen LogP contribution in [0.1, 0.15) is 0 Å². The van der Waals surface area contributed by atoms with Crippen molar-refractivity contribution in [3.8, 4) is 0 Å². The summed E-state index contributed by atoms with van der Waals surface area (Å²) in [6.45, 7) is 3.43. The van der Waals surface area contributed by atoms with Crippen LogP contribution in [0.25, 0.3) is 0 Å². The van der Waals surface area contributed by atoms with Crippen LogP contribution in [0.3, 0.4) is 0 Å². The van der Waals surface area contributed by atoms with Gasteiger partial charge in [-0.05, 0) is 25.2 Å². The maximum Gasteiger partial charge on any atom is 0.238 e. The number of nitrogens with zero attached hydrogens (tertiary/aromatic N) is 1. The molecule has 1 aliphatic rings. The second-order valence-electron chi connectivity index (χ2n) is 4.34. The first-order chi connectivity index (χ1) is 9.20. The number of carbonyl (C=O) groups is 1. The summed E-state index contributed by atoms with van der Waals surface area (Å²) < 4.78 is 6.30. The van der Waals surface area contributed by atoms with Gasteiger partial charge in [-0.25, -0.2) is 0 Å². The fourth-order valence-electron chi connectivity index (χ4n) is 2.04. The number of hydrogen-bond acceptors (Lipinski definition) is 4. The van der Waals surface area contributed by atoms with Crippen molar-refractivity contribution in [1.82, 2.24) is 5.32 Å². The predicted molar refractivity (Wildman–Crippen MR) is 79.7 cm³/mol. The first kappa shape index (κ1) is 14.3. The van der Waals surface area contributed by atoms with Gasteiger partial charge in [0.25, 0.3) is 0 Å². The lowest BCUT2D eigenvalue weighted by molar-refractivity contribution is -0.115. The standard InChI is InChI=1S/C13H18BrN3O2/c1-15-9-13(18)16-11-8-10(14)2-3-12(11)17-4-6-19-7-5-17/h2-3,8,15H,4-7,9H2,1H3,(H,16,18). The van der Waals surface area contributed by atoms with Gasteiger partial charge in [-0.2, -0.15) is 0 Å². The fourth-order valence-corrected chi connectivity index (χ4v) is 2.40. The summed E-state index contributed by atoms with van der Waals surface area (Å²) in [6.07, 6.45) is 0. The van der Waals surface area contributed by atoms with E-state index >= 15 is 0 Å². The largest absolute Gasteiger partial charge is 0.378 e. The SMILES string of the molecule is CNCC(=O)Nc1cc(Br)ccc1N1CCOCC1. The number of hydrogen-bond donors (Lipinski definition) is 2. The molecule has 6 heteroatoms. The average Bonchev–Trinajstić information content (AvgIpc) is 2.40. The molecular formula is C13H18BrN3O2. The molecule has 104 valence electrons. The molecule has 2 N–H and O–H groups in total. The fraction of sp³-hybridized carbons (Fsp3) is 0.462. The average molecular weight is 328 g/mol. The molecule has 19 heavy (non-hydrogen) atoms. The van der Waals surface area contributed by atoms with Crippen molar-refractivity contribution < 1.29 is 9.53 Å². The highest BCUT2D eigenvalue weighted by Gasteiger charge is 2.16. The first-order valence-corrected chi connectivity index (χ1v) is 7.06. The number of ether oxygens (including phenoxy) is 1. The monoisotopic (exact) mass is 327 g/mol. The molecule has 5 nitrogen and oxygen atoms in total. The third-order valence-corrected chi connectivity index (χ3v) is 3.42. The second kappa shape index (κ2) is 6.88. The van der Waals surface area contributed by atoms with E-state index in [1.165, 1.54) is 0 Å². The lowest BCUT2D eigenvalue weighted by atomic mass is 10.2. The minimum atomic E-state index is -0.0462. The van der Waals surface area contributed by atoms with Crippen molar-refractivity contribution in [2.75, 3.05) is 50.1 Å². The van der Waals surface area contributed by atoms with E-state index in [-0.39, 0.29) is 5.91 Å². The van der Waals surface area contributed by atoms with Crippen molar-refractivity contribution in [1.29, 1.82) is 0 Å². The molecule has 1 fully saturated rings. The van der Waals surface area contributed by atoms with E-state index in [1.807, 2.05) is 18.2 Å². The molecule has 0 aromatic heterocycles. The van der Waals surface area contributed by atoms with Gasteiger partial charge in [-0.15, -0.1) is 0 Å². The Bertz CT molecular complexity index is 448. The third kappa shape index (κ3) is 3.92. The maximum absolute atomic E-state index is 11.7. The summed E-state index contributed by atoms with van der Waals surface area (Å²) in [5, 5.41) is 5.78. The molecule has 1 aromatic rings. The van der Waals surface area contributed by atoms with Crippen molar-refractivity contribution in [3.05, 3.63) is 22.7 Å². The van der Waals surface area contributed by atoms with E-state index in [0.717, 1.165) is 42.2 Å². The first-order valence-electron chi connectivity index (χ1n) is 6.27. The number of likely N-dealkylation sites (N-methyl/N-ethyl adjacent to an activating group) is 1. The molecule has 0 aliphatic carbocycles. The van der Waals surface area contributed by atoms with Crippen LogP contribution in [-0.2, 0) is 9.53 Å². The highest BCUT2D eigenvalue weighted by molar-refractivity contribution is 9.10. The van der Waals surface area contributed by atoms with Gasteiger partial charge >= 0.3 is 0 Å². The van der Waals surface area contributed by atoms with E-state index in [0.29, 0.717) is 6.54 Å². The zero-order chi connectivity index (χ0) is 13.7. The van der Waals surface area contributed by atoms with Gasteiger partial charge in [-0.3, -0.25) is 4.79 Å². The lowest BCUT2D eigenvalue weighted by Gasteiger charge is -2.30. The Labute approximate surface area is 121 Å². The molecule has 0 bridgehead atoms. The Kier molecular flexibility index (Phi) is 5.18. The van der Waals surface area contributed by atoms with Gasteiger partial charge in [-0.1, -0.05) is 15.9 Å². The number of morpholine rings is 1. The van der Waals surface area contributed by atoms with Crippen LogP contribution in [0.15, 0.2) is 22.7 Å². The predicted octanol–water partition coefficient (Wildman–Crippen LogP) is 1.44. The Morgan fingerprint density at radius 2 is 2.16 bits per heavy atom. The summed E-state index contributed by atoms with van der Waals surface area (Å²) in [5.74, 6) is -0.0462. The van der Waals surface area contributed by atoms with Crippen molar-refractivity contribution >= 4 is 33.2 Å². The normalized spacial score (nSPS) is 15.4. The molecule has 1 aliphatic heterocycles. The van der Waals surface area contributed by atoms with Crippen LogP contribution >= 0.6 is 15.9 Å². The van der Waals surface area contributed by atoms with Crippen LogP contribution in [0.5, 0.6) is 0 Å². The van der Waals surface area contributed by atoms with E-state index < -0.39 is 0 Å². The number of nitrogens with one attached hydrogen (secondary N) is 2. The Morgan fingerprint density at radius 3 is 2.84 bits per heavy atom. The molecule has 1 heterocycles. The second-order valence-corrected chi connectivity index (χ2v) is 5.26. The molecule has 0 atom stereocenters. The van der Waals surface area contributed by atoms with Crippen molar-refractivity contribution in [3.63, 3.8) is 0 Å². The molecule has 2 rings (SSSR count). The lowest BCUT2D eigenvalue weighted by Crippen LogP contribution is -2.37. The molecular weight excluding hydrogens is 310 g/mol. The number of halogens is 1. The van der Waals surface area contributed by atoms with Gasteiger partial charge in [0, 0.05) is 17.6 Å². The van der Waals surface area contributed by atoms with E-state index in [2.05, 4.69) is 31.5 Å². The van der Waals surface area contributed by atoms with Crippen molar-refractivity contribution in [2.45, 2.75) is 0 Å². The smallest absolute Gasteiger partial charge is 0.238 e. The molecule has 1 aromatic carbocycles. The van der Waals surface area contributed by atoms with Gasteiger partial charge in [0.05, 0.1) is 31.1 Å². The van der Waals surface area contributed by atoms with Gasteiger partial charge in [0.15, 0.2) is 0 Å². The summed E-state index contributed by atoms with van der Waals surface area (Å²) in [5.41, 5.74) is 1.87. The minimum Gasteiger partial charge on any atom is -0.378 e. The molecule has 0 unspecified atom stereocenters. The van der Waals surface area contributed by atoms with Gasteiger partial charge < -0.3 is 20.3 Å². The van der Waals surface area contributed by atoms with Crippen LogP contribution in [0.2, 0.25) is 0 Å². The van der Waals surface area contributed by atoms with Crippen LogP contribution < -0.4 is 15.5 Å². The number of anilines is 2. The van der Waals surface area contributed by atoms with Crippen molar-refractivity contribution in [2.24, 2.45) is 0 Å². The zero-order valence-electron chi connectivity index (χ0n) is 10.9. The van der Waals surface area contributed by atoms with Gasteiger partial charge in [0.1, 0.15) is 0 Å². The quantitative estimate of drug-likeness (QED) is 0.878. The molecule has 1 saturated heterocycles. The van der Waals surface area contributed by atoms with Crippen LogP contribution in [-0.4, -0.2) is 45.8 Å². The summed E-state index contributed by atoms with van der Waals surface area (Å²) >= 11 is 3.44. The molecule has 0 radical (unpaired) electrons. The van der Waals surface area contributed by atoms with E-state index in [1.54, 1.807) is 7.05 Å². The summed E-state index contributed by atoms with van der Waals surface area (Å²) in [6, 6.07) is 5.93. The highest BCUT2D eigenvalue weighted by atomic mass is 79.9. The molecule has 0 saturated carbocycles. The number of rotatable bonds is 4. The number of carbonyl (C=O) groups excluding carboxylic acids is 1. The minimum absolute atomic E-state index is 0.0462. The highest BCUT2D eigenvalue weighted by Crippen LogP contribution is 2.29. The Morgan fingerprint density at radius 1 is 1.42 bits per heavy atom. The topological polar surface area (TPSA) is 53.6 Å². The Balaban J connectivity index is 2.19. The number of benzene rings is 1. The molecule has 0 spiro atoms. The number of amides is 1. The van der Waals surface area contributed by atoms with E-state index in [9.17, 15) is 4.79 Å². The van der Waals surface area contributed by atoms with Gasteiger partial charge in [0.2, 0.25) is 5.91 Å². The third-order valence-electron chi connectivity index (χ3n) is 2.92. The zero-order valence-corrected chi connectivity index (χ0v) is 12.5. The van der Waals surface area contributed by atoms with Crippen LogP contribution in [0, 0.1) is 0 Å². The maximum atomic E-state index is 11.7. The van der Waals surface area contributed by atoms with E-state index in [4.69, 9.17) is 4.74 Å². The summed E-state index contributed by atoms with van der Waals surface area (Å²) in [7, 11) is 1.75. The molecule has 1 amide bonds. The van der Waals surface area contributed by atoms with Crippen LogP contribution in [0.4, 0.5) is 11.4 Å².